The van der Waals surface area contributed by atoms with Gasteiger partial charge in [0.05, 0.1) is 21.2 Å². The fourth-order valence-electron chi connectivity index (χ4n) is 1.02. The lowest BCUT2D eigenvalue weighted by molar-refractivity contribution is -0.137. The van der Waals surface area contributed by atoms with E-state index in [1.165, 1.54) is 5.43 Å². The van der Waals surface area contributed by atoms with Crippen molar-refractivity contribution in [2.75, 3.05) is 0 Å². The number of rotatable bonds is 1. The molecule has 1 rings (SSSR count). The number of nitrogens with one attached hydrogen (secondary N) is 2. The van der Waals surface area contributed by atoms with Crippen LogP contribution in [-0.4, -0.2) is 5.91 Å². The molecule has 1 amide bonds. The minimum atomic E-state index is -4.59. The SMILES string of the molecule is [NH]NC(=O)c1c(Cl)cc(C(F)(F)F)cc1Cl. The number of hydrogen-bond acceptors (Lipinski definition) is 1. The second kappa shape index (κ2) is 4.48. The topological polar surface area (TPSA) is 52.9 Å². The highest BCUT2D eigenvalue weighted by atomic mass is 35.5. The van der Waals surface area contributed by atoms with Crippen molar-refractivity contribution in [2.24, 2.45) is 0 Å². The van der Waals surface area contributed by atoms with Crippen molar-refractivity contribution in [1.82, 2.24) is 11.3 Å². The summed E-state index contributed by atoms with van der Waals surface area (Å²) in [4.78, 5) is 11.1. The van der Waals surface area contributed by atoms with Crippen LogP contribution in [0, 0.1) is 0 Å². The maximum absolute atomic E-state index is 12.3. The van der Waals surface area contributed by atoms with E-state index in [-0.39, 0.29) is 5.56 Å². The van der Waals surface area contributed by atoms with Crippen LogP contribution in [0.5, 0.6) is 0 Å². The van der Waals surface area contributed by atoms with Crippen molar-refractivity contribution >= 4 is 29.1 Å². The van der Waals surface area contributed by atoms with E-state index >= 15 is 0 Å². The third-order valence-electron chi connectivity index (χ3n) is 1.71. The Morgan fingerprint density at radius 2 is 1.69 bits per heavy atom. The number of benzene rings is 1. The summed E-state index contributed by atoms with van der Waals surface area (Å²) in [5.74, 6) is 5.61. The minimum absolute atomic E-state index is 0.355. The monoisotopic (exact) mass is 271 g/mol. The van der Waals surface area contributed by atoms with E-state index in [4.69, 9.17) is 29.0 Å². The highest BCUT2D eigenvalue weighted by Gasteiger charge is 2.32. The standard InChI is InChI=1S/C8H4Cl2F3N2O/c9-4-1-3(8(11,12)13)2-5(10)6(4)7(16)15-14/h1-2,14H,(H,15,16). The molecule has 87 valence electrons. The number of amides is 1. The smallest absolute Gasteiger partial charge is 0.272 e. The maximum atomic E-state index is 12.3. The maximum Gasteiger partial charge on any atom is 0.416 e. The van der Waals surface area contributed by atoms with Crippen LogP contribution < -0.4 is 11.3 Å². The summed E-state index contributed by atoms with van der Waals surface area (Å²) in [6.45, 7) is 0. The van der Waals surface area contributed by atoms with Crippen LogP contribution in [0.25, 0.3) is 0 Å². The molecule has 0 aliphatic rings. The first kappa shape index (κ1) is 13.1. The normalized spacial score (nSPS) is 11.4. The van der Waals surface area contributed by atoms with Crippen LogP contribution in [-0.2, 0) is 6.18 Å². The number of alkyl halides is 3. The van der Waals surface area contributed by atoms with Gasteiger partial charge in [-0.3, -0.25) is 10.2 Å². The molecule has 1 radical (unpaired) electrons. The zero-order chi connectivity index (χ0) is 12.5. The second-order valence-electron chi connectivity index (χ2n) is 2.77. The van der Waals surface area contributed by atoms with Crippen LogP contribution in [0.2, 0.25) is 10.0 Å². The van der Waals surface area contributed by atoms with Crippen molar-refractivity contribution in [3.63, 3.8) is 0 Å². The predicted molar refractivity (Wildman–Crippen MR) is 52.0 cm³/mol. The zero-order valence-electron chi connectivity index (χ0n) is 7.45. The molecule has 0 spiro atoms. The summed E-state index contributed by atoms with van der Waals surface area (Å²) in [5, 5.41) is -0.908. The third-order valence-corrected chi connectivity index (χ3v) is 2.31. The quantitative estimate of drug-likeness (QED) is 0.785. The Hall–Kier alpha value is -0.980. The van der Waals surface area contributed by atoms with Gasteiger partial charge in [-0.05, 0) is 12.1 Å². The summed E-state index contributed by atoms with van der Waals surface area (Å²) < 4.78 is 36.9. The van der Waals surface area contributed by atoms with E-state index in [0.717, 1.165) is 0 Å². The average Bonchev–Trinajstić information content (AvgIpc) is 2.14. The lowest BCUT2D eigenvalue weighted by atomic mass is 10.1. The fourth-order valence-corrected chi connectivity index (χ4v) is 1.67. The van der Waals surface area contributed by atoms with Gasteiger partial charge in [0.25, 0.3) is 5.91 Å². The molecule has 0 aliphatic heterocycles. The summed E-state index contributed by atoms with van der Waals surface area (Å²) in [5.41, 5.74) is 0.0750. The lowest BCUT2D eigenvalue weighted by Gasteiger charge is -2.10. The van der Waals surface area contributed by atoms with Crippen LogP contribution in [0.4, 0.5) is 13.2 Å². The molecule has 0 aliphatic carbocycles. The Morgan fingerprint density at radius 1 is 1.25 bits per heavy atom. The van der Waals surface area contributed by atoms with Gasteiger partial charge >= 0.3 is 6.18 Å². The van der Waals surface area contributed by atoms with Crippen molar-refractivity contribution < 1.29 is 18.0 Å². The van der Waals surface area contributed by atoms with Crippen molar-refractivity contribution in [3.05, 3.63) is 33.3 Å². The number of halogens is 5. The van der Waals surface area contributed by atoms with Gasteiger partial charge in [0.15, 0.2) is 0 Å². The molecule has 3 nitrogen and oxygen atoms in total. The van der Waals surface area contributed by atoms with Gasteiger partial charge in [-0.25, -0.2) is 0 Å². The summed E-state index contributed by atoms with van der Waals surface area (Å²) in [7, 11) is 0. The fraction of sp³-hybridized carbons (Fsp3) is 0.125. The lowest BCUT2D eigenvalue weighted by Crippen LogP contribution is -2.22. The number of carbonyl (C=O) groups is 1. The molecule has 0 heterocycles. The molecular weight excluding hydrogens is 268 g/mol. The Bertz CT molecular complexity index is 411. The molecule has 0 fully saturated rings. The largest absolute Gasteiger partial charge is 0.416 e. The molecular formula is C8H4Cl2F3N2O. The van der Waals surface area contributed by atoms with E-state index in [1.54, 1.807) is 0 Å². The van der Waals surface area contributed by atoms with Crippen molar-refractivity contribution in [2.45, 2.75) is 6.18 Å². The van der Waals surface area contributed by atoms with Crippen molar-refractivity contribution in [3.8, 4) is 0 Å². The van der Waals surface area contributed by atoms with Crippen LogP contribution in [0.3, 0.4) is 0 Å². The minimum Gasteiger partial charge on any atom is -0.272 e. The van der Waals surface area contributed by atoms with E-state index in [2.05, 4.69) is 0 Å². The molecule has 0 saturated carbocycles. The van der Waals surface area contributed by atoms with Gasteiger partial charge in [0.2, 0.25) is 0 Å². The van der Waals surface area contributed by atoms with Gasteiger partial charge in [-0.2, -0.15) is 19.0 Å². The average molecular weight is 272 g/mol. The zero-order valence-corrected chi connectivity index (χ0v) is 8.96. The van der Waals surface area contributed by atoms with Crippen LogP contribution in [0.1, 0.15) is 15.9 Å². The Balaban J connectivity index is 3.34. The first-order chi connectivity index (χ1) is 7.27. The van der Waals surface area contributed by atoms with Gasteiger partial charge in [-0.15, -0.1) is 0 Å². The van der Waals surface area contributed by atoms with E-state index < -0.39 is 27.7 Å². The number of carbonyl (C=O) groups excluding carboxylic acids is 1. The highest BCUT2D eigenvalue weighted by Crippen LogP contribution is 2.35. The predicted octanol–water partition coefficient (Wildman–Crippen LogP) is 2.94. The molecule has 1 aromatic carbocycles. The molecule has 8 heteroatoms. The summed E-state index contributed by atoms with van der Waals surface area (Å²) in [6.07, 6.45) is -4.59. The molecule has 0 bridgehead atoms. The van der Waals surface area contributed by atoms with E-state index in [1.807, 2.05) is 0 Å². The first-order valence-electron chi connectivity index (χ1n) is 3.80. The third kappa shape index (κ3) is 2.58. The van der Waals surface area contributed by atoms with Crippen LogP contribution in [0.15, 0.2) is 12.1 Å². The van der Waals surface area contributed by atoms with Gasteiger partial charge in [-0.1, -0.05) is 23.2 Å². The Labute approximate surface area is 98.3 Å². The molecule has 0 atom stereocenters. The summed E-state index contributed by atoms with van der Waals surface area (Å²) >= 11 is 11.0. The first-order valence-corrected chi connectivity index (χ1v) is 4.56. The Morgan fingerprint density at radius 3 is 2.00 bits per heavy atom. The van der Waals surface area contributed by atoms with Gasteiger partial charge < -0.3 is 0 Å². The summed E-state index contributed by atoms with van der Waals surface area (Å²) in [6, 6.07) is 1.16. The Kier molecular flexibility index (Phi) is 3.67. The van der Waals surface area contributed by atoms with Crippen molar-refractivity contribution in [1.29, 1.82) is 0 Å². The molecule has 1 aromatic rings. The number of hydrogen-bond donors (Lipinski definition) is 1. The molecule has 2 N–H and O–H groups in total. The second-order valence-corrected chi connectivity index (χ2v) is 3.58. The van der Waals surface area contributed by atoms with Gasteiger partial charge in [0, 0.05) is 0 Å². The van der Waals surface area contributed by atoms with Crippen LogP contribution >= 0.6 is 23.2 Å². The van der Waals surface area contributed by atoms with Gasteiger partial charge in [0.1, 0.15) is 0 Å². The van der Waals surface area contributed by atoms with E-state index in [0.29, 0.717) is 12.1 Å². The highest BCUT2D eigenvalue weighted by molar-refractivity contribution is 6.39. The molecule has 16 heavy (non-hydrogen) atoms. The molecule has 0 aromatic heterocycles. The molecule has 0 saturated heterocycles. The molecule has 0 unspecified atom stereocenters. The van der Waals surface area contributed by atoms with E-state index in [9.17, 15) is 18.0 Å².